The summed E-state index contributed by atoms with van der Waals surface area (Å²) in [6.45, 7) is 3.73. The highest BCUT2D eigenvalue weighted by atomic mass is 79.9. The largest absolute Gasteiger partial charge is 0.336 e. The molecule has 0 aliphatic rings. The maximum atomic E-state index is 12.4. The molecular formula is C13H11BrN2O3S3. The normalized spacial score (nSPS) is 11.8. The van der Waals surface area contributed by atoms with Crippen molar-refractivity contribution in [3.8, 4) is 9.75 Å². The fourth-order valence-corrected chi connectivity index (χ4v) is 5.39. The van der Waals surface area contributed by atoms with E-state index in [-0.39, 0.29) is 10.1 Å². The number of thiophene rings is 2. The van der Waals surface area contributed by atoms with Crippen LogP contribution in [-0.4, -0.2) is 13.6 Å². The number of hydrogen-bond donors (Lipinski definition) is 1. The molecule has 3 aromatic heterocycles. The highest BCUT2D eigenvalue weighted by Gasteiger charge is 2.22. The monoisotopic (exact) mass is 418 g/mol. The lowest BCUT2D eigenvalue weighted by Crippen LogP contribution is -2.11. The first-order valence-corrected chi connectivity index (χ1v) is 10.1. The molecule has 0 radical (unpaired) electrons. The van der Waals surface area contributed by atoms with Gasteiger partial charge in [0.1, 0.15) is 8.68 Å². The van der Waals surface area contributed by atoms with Crippen molar-refractivity contribution in [3.05, 3.63) is 39.3 Å². The van der Waals surface area contributed by atoms with Crippen LogP contribution in [0.25, 0.3) is 9.75 Å². The van der Waals surface area contributed by atoms with Crippen molar-refractivity contribution in [1.82, 2.24) is 5.16 Å². The highest BCUT2D eigenvalue weighted by molar-refractivity contribution is 9.10. The molecule has 0 aliphatic carbocycles. The lowest BCUT2D eigenvalue weighted by molar-refractivity contribution is 0.430. The van der Waals surface area contributed by atoms with Crippen LogP contribution >= 0.6 is 38.6 Å². The maximum Gasteiger partial charge on any atom is 0.273 e. The van der Waals surface area contributed by atoms with Crippen LogP contribution in [0.3, 0.4) is 0 Å². The number of sulfonamides is 1. The van der Waals surface area contributed by atoms with E-state index in [1.54, 1.807) is 24.3 Å². The van der Waals surface area contributed by atoms with Gasteiger partial charge in [-0.25, -0.2) is 13.1 Å². The van der Waals surface area contributed by atoms with Crippen molar-refractivity contribution in [2.45, 2.75) is 18.1 Å². The Balaban J connectivity index is 1.90. The van der Waals surface area contributed by atoms with Gasteiger partial charge in [0.15, 0.2) is 0 Å². The van der Waals surface area contributed by atoms with Crippen molar-refractivity contribution >= 4 is 54.5 Å². The third kappa shape index (κ3) is 2.98. The summed E-state index contributed by atoms with van der Waals surface area (Å²) in [6, 6.07) is 7.41. The summed E-state index contributed by atoms with van der Waals surface area (Å²) in [4.78, 5) is 3.17. The van der Waals surface area contributed by atoms with Crippen LogP contribution in [0.5, 0.6) is 0 Å². The van der Waals surface area contributed by atoms with Crippen molar-refractivity contribution in [2.24, 2.45) is 0 Å². The zero-order valence-corrected chi connectivity index (χ0v) is 15.6. The van der Waals surface area contributed by atoms with Crippen LogP contribution in [0.4, 0.5) is 5.88 Å². The molecule has 3 heterocycles. The van der Waals surface area contributed by atoms with E-state index in [9.17, 15) is 8.42 Å². The predicted octanol–water partition coefficient (Wildman–Crippen LogP) is 4.64. The number of halogens is 1. The second-order valence-electron chi connectivity index (χ2n) is 4.55. The van der Waals surface area contributed by atoms with Crippen LogP contribution in [0, 0.1) is 13.8 Å². The zero-order valence-electron chi connectivity index (χ0n) is 11.6. The minimum Gasteiger partial charge on any atom is -0.336 e. The van der Waals surface area contributed by atoms with Gasteiger partial charge in [-0.1, -0.05) is 5.16 Å². The molecule has 116 valence electrons. The van der Waals surface area contributed by atoms with Crippen LogP contribution in [-0.2, 0) is 10.0 Å². The Labute approximate surface area is 144 Å². The summed E-state index contributed by atoms with van der Waals surface area (Å²) in [5.74, 6) is 0.0828. The van der Waals surface area contributed by atoms with Gasteiger partial charge in [0.05, 0.1) is 5.69 Å². The van der Waals surface area contributed by atoms with E-state index in [2.05, 4.69) is 25.8 Å². The molecule has 0 atom stereocenters. The second-order valence-corrected chi connectivity index (χ2v) is 9.62. The standard InChI is InChI=1S/C13H11BrN2O3S3/c1-7-3-4-9(20-7)10-5-6-11(21-10)22(17,18)16-13-12(14)8(2)15-19-13/h3-6,16H,1-2H3. The third-order valence-electron chi connectivity index (χ3n) is 2.85. The molecule has 0 aliphatic heterocycles. The zero-order chi connectivity index (χ0) is 15.9. The van der Waals surface area contributed by atoms with Gasteiger partial charge in [-0.05, 0) is 54.0 Å². The minimum atomic E-state index is -3.69. The molecule has 5 nitrogen and oxygen atoms in total. The molecule has 9 heteroatoms. The number of nitrogens with one attached hydrogen (secondary N) is 1. The summed E-state index contributed by atoms with van der Waals surface area (Å²) in [7, 11) is -3.69. The van der Waals surface area contributed by atoms with E-state index in [0.29, 0.717) is 10.2 Å². The van der Waals surface area contributed by atoms with Gasteiger partial charge >= 0.3 is 0 Å². The van der Waals surface area contributed by atoms with Gasteiger partial charge in [-0.3, -0.25) is 0 Å². The first-order valence-electron chi connectivity index (χ1n) is 6.18. The van der Waals surface area contributed by atoms with E-state index in [1.165, 1.54) is 16.2 Å². The minimum absolute atomic E-state index is 0.0828. The smallest absolute Gasteiger partial charge is 0.273 e. The Morgan fingerprint density at radius 1 is 1.14 bits per heavy atom. The van der Waals surface area contributed by atoms with Gasteiger partial charge in [0, 0.05) is 14.6 Å². The Bertz CT molecular complexity index is 924. The van der Waals surface area contributed by atoms with E-state index in [0.717, 1.165) is 9.75 Å². The van der Waals surface area contributed by atoms with Gasteiger partial charge < -0.3 is 4.52 Å². The highest BCUT2D eigenvalue weighted by Crippen LogP contribution is 2.36. The summed E-state index contributed by atoms with van der Waals surface area (Å²) >= 11 is 6.10. The number of nitrogens with zero attached hydrogens (tertiary/aromatic N) is 1. The van der Waals surface area contributed by atoms with E-state index in [4.69, 9.17) is 4.52 Å². The molecule has 0 aromatic carbocycles. The molecule has 0 unspecified atom stereocenters. The fourth-order valence-electron chi connectivity index (χ4n) is 1.76. The molecule has 1 N–H and O–H groups in total. The topological polar surface area (TPSA) is 72.2 Å². The lowest BCUT2D eigenvalue weighted by Gasteiger charge is -2.02. The SMILES string of the molecule is Cc1ccc(-c2ccc(S(=O)(=O)Nc3onc(C)c3Br)s2)s1. The van der Waals surface area contributed by atoms with Gasteiger partial charge in [0.25, 0.3) is 15.9 Å². The predicted molar refractivity (Wildman–Crippen MR) is 92.1 cm³/mol. The average Bonchev–Trinajstić information content (AvgIpc) is 3.15. The summed E-state index contributed by atoms with van der Waals surface area (Å²) in [5, 5.41) is 3.71. The maximum absolute atomic E-state index is 12.4. The Hall–Kier alpha value is -1.16. The molecule has 0 fully saturated rings. The number of hydrogen-bond acceptors (Lipinski definition) is 6. The van der Waals surface area contributed by atoms with Crippen LogP contribution in [0.15, 0.2) is 37.5 Å². The fraction of sp³-hybridized carbons (Fsp3) is 0.154. The number of aromatic nitrogens is 1. The molecular weight excluding hydrogens is 408 g/mol. The molecule has 0 bridgehead atoms. The van der Waals surface area contributed by atoms with Crippen LogP contribution in [0.1, 0.15) is 10.6 Å². The molecule has 0 spiro atoms. The van der Waals surface area contributed by atoms with Gasteiger partial charge in [-0.2, -0.15) is 0 Å². The van der Waals surface area contributed by atoms with E-state index < -0.39 is 10.0 Å². The summed E-state index contributed by atoms with van der Waals surface area (Å²) < 4.78 is 32.9. The van der Waals surface area contributed by atoms with Crippen LogP contribution < -0.4 is 4.72 Å². The molecule has 3 aromatic rings. The van der Waals surface area contributed by atoms with Crippen molar-refractivity contribution in [1.29, 1.82) is 0 Å². The van der Waals surface area contributed by atoms with Gasteiger partial charge in [0.2, 0.25) is 0 Å². The van der Waals surface area contributed by atoms with E-state index in [1.807, 2.05) is 25.1 Å². The second kappa shape index (κ2) is 5.80. The summed E-state index contributed by atoms with van der Waals surface area (Å²) in [5.41, 5.74) is 0.582. The molecule has 3 rings (SSSR count). The quantitative estimate of drug-likeness (QED) is 0.669. The van der Waals surface area contributed by atoms with Crippen molar-refractivity contribution in [2.75, 3.05) is 4.72 Å². The van der Waals surface area contributed by atoms with Crippen LogP contribution in [0.2, 0.25) is 0 Å². The Morgan fingerprint density at radius 2 is 1.82 bits per heavy atom. The number of anilines is 1. The molecule has 22 heavy (non-hydrogen) atoms. The molecule has 0 amide bonds. The summed E-state index contributed by atoms with van der Waals surface area (Å²) in [6.07, 6.45) is 0. The van der Waals surface area contributed by atoms with Crippen molar-refractivity contribution < 1.29 is 12.9 Å². The average molecular weight is 419 g/mol. The Kier molecular flexibility index (Phi) is 4.15. The van der Waals surface area contributed by atoms with Crippen molar-refractivity contribution in [3.63, 3.8) is 0 Å². The molecule has 0 saturated heterocycles. The third-order valence-corrected chi connectivity index (χ3v) is 7.89. The van der Waals surface area contributed by atoms with Gasteiger partial charge in [-0.15, -0.1) is 22.7 Å². The number of rotatable bonds is 4. The first kappa shape index (κ1) is 15.7. The number of aryl methyl sites for hydroxylation is 2. The lowest BCUT2D eigenvalue weighted by atomic mass is 10.4. The van der Waals surface area contributed by atoms with E-state index >= 15 is 0 Å². The Morgan fingerprint density at radius 3 is 2.41 bits per heavy atom. The first-order chi connectivity index (χ1) is 10.4. The molecule has 0 saturated carbocycles.